The Kier molecular flexibility index (Phi) is 12.5. The number of hydrogen-bond acceptors (Lipinski definition) is 6. The van der Waals surface area contributed by atoms with E-state index in [9.17, 15) is 28.2 Å². The smallest absolute Gasteiger partial charge is 0.334 e. The minimum Gasteiger partial charge on any atom is -0.479 e. The van der Waals surface area contributed by atoms with Crippen LogP contribution in [0, 0.1) is 0 Å². The van der Waals surface area contributed by atoms with E-state index in [1.807, 2.05) is 22.9 Å². The maximum atomic E-state index is 12.3. The van der Waals surface area contributed by atoms with Gasteiger partial charge < -0.3 is 10.2 Å². The molecular weight excluding hydrogens is 498 g/mol. The summed E-state index contributed by atoms with van der Waals surface area (Å²) in [5.74, 6) is -2.15. The number of thioether (sulfide) groups is 1. The lowest BCUT2D eigenvalue weighted by Crippen LogP contribution is -2.37. The lowest BCUT2D eigenvalue weighted by atomic mass is 9.96. The first kappa shape index (κ1) is 29.9. The minimum absolute atomic E-state index is 0.652. The molecule has 0 bridgehead atoms. The van der Waals surface area contributed by atoms with Gasteiger partial charge in [-0.05, 0) is 49.3 Å². The van der Waals surface area contributed by atoms with E-state index in [0.717, 1.165) is 62.1 Å². The topological polar surface area (TPSA) is 121 Å². The van der Waals surface area contributed by atoms with Crippen LogP contribution in [0.5, 0.6) is 0 Å². The minimum atomic E-state index is -3.74. The number of carboxylic acid groups (broad SMARTS) is 1. The van der Waals surface area contributed by atoms with Crippen LogP contribution in [-0.2, 0) is 32.5 Å². The van der Waals surface area contributed by atoms with Crippen molar-refractivity contribution in [3.63, 3.8) is 0 Å². The number of aliphatic carboxylic acids is 1. The summed E-state index contributed by atoms with van der Waals surface area (Å²) < 4.78 is 24.7. The number of nitrogens with one attached hydrogen (secondary N) is 1. The van der Waals surface area contributed by atoms with Crippen LogP contribution in [0.4, 0.5) is 0 Å². The molecule has 9 heteroatoms. The molecule has 0 aliphatic carbocycles. The highest BCUT2D eigenvalue weighted by atomic mass is 32.2. The highest BCUT2D eigenvalue weighted by molar-refractivity contribution is 8.01. The second-order valence-electron chi connectivity index (χ2n) is 9.03. The summed E-state index contributed by atoms with van der Waals surface area (Å²) in [6.45, 7) is 1.49. The number of carbonyl (C=O) groups is 2. The molecule has 2 aromatic rings. The van der Waals surface area contributed by atoms with Gasteiger partial charge in [0.05, 0.1) is 16.8 Å². The number of rotatable bonds is 16. The maximum absolute atomic E-state index is 12.3. The molecule has 0 saturated heterocycles. The summed E-state index contributed by atoms with van der Waals surface area (Å²) in [7, 11) is -3.74. The first-order valence-electron chi connectivity index (χ1n) is 12.3. The monoisotopic (exact) mass is 535 g/mol. The predicted octanol–water partition coefficient (Wildman–Crippen LogP) is 4.50. The van der Waals surface area contributed by atoms with Crippen molar-refractivity contribution in [2.75, 3.05) is 6.26 Å². The number of aliphatic hydroxyl groups excluding tert-OH is 1. The van der Waals surface area contributed by atoms with Gasteiger partial charge in [0.15, 0.2) is 6.10 Å². The number of aryl methyl sites for hydroxylation is 2. The fourth-order valence-electron chi connectivity index (χ4n) is 4.03. The molecule has 0 aromatic heterocycles. The van der Waals surface area contributed by atoms with Crippen molar-refractivity contribution in [2.24, 2.45) is 0 Å². The van der Waals surface area contributed by atoms with Crippen molar-refractivity contribution >= 4 is 33.7 Å². The predicted molar refractivity (Wildman–Crippen MR) is 144 cm³/mol. The van der Waals surface area contributed by atoms with Crippen molar-refractivity contribution in [3.8, 4) is 0 Å². The van der Waals surface area contributed by atoms with Crippen LogP contribution in [0.2, 0.25) is 0 Å². The normalized spacial score (nSPS) is 14.1. The third kappa shape index (κ3) is 10.7. The SMILES string of the molecule is CC(SC(c1ccccc1CCCCCCCCc1ccccc1)C(O)C(=O)O)C(=O)NS(C)(=O)=O. The van der Waals surface area contributed by atoms with E-state index in [-0.39, 0.29) is 0 Å². The standard InChI is InChI=1S/C27H37NO6S2/c1-20(26(30)28-36(2,33)34)35-25(24(29)27(31)32)23-19-13-12-18-22(23)17-11-6-4-3-5-8-14-21-15-9-7-10-16-21/h7,9-10,12-13,15-16,18-20,24-25,29H,3-6,8,11,14,17H2,1-2H3,(H,28,30)(H,31,32). The van der Waals surface area contributed by atoms with Gasteiger partial charge in [-0.2, -0.15) is 0 Å². The fraction of sp³-hybridized carbons (Fsp3) is 0.481. The number of carboxylic acids is 1. The van der Waals surface area contributed by atoms with Crippen molar-refractivity contribution in [1.82, 2.24) is 4.72 Å². The number of benzene rings is 2. The number of carbonyl (C=O) groups excluding carboxylic acids is 1. The molecule has 0 radical (unpaired) electrons. The third-order valence-corrected chi connectivity index (χ3v) is 7.91. The van der Waals surface area contributed by atoms with Gasteiger partial charge >= 0.3 is 5.97 Å². The first-order valence-corrected chi connectivity index (χ1v) is 15.1. The van der Waals surface area contributed by atoms with Crippen LogP contribution in [0.1, 0.15) is 67.4 Å². The highest BCUT2D eigenvalue weighted by Gasteiger charge is 2.33. The second kappa shape index (κ2) is 15.0. The highest BCUT2D eigenvalue weighted by Crippen LogP contribution is 2.38. The van der Waals surface area contributed by atoms with Crippen molar-refractivity contribution in [1.29, 1.82) is 0 Å². The van der Waals surface area contributed by atoms with Crippen LogP contribution >= 0.6 is 11.8 Å². The largest absolute Gasteiger partial charge is 0.479 e. The Balaban J connectivity index is 1.92. The van der Waals surface area contributed by atoms with E-state index < -0.39 is 38.5 Å². The molecule has 2 aromatic carbocycles. The molecule has 7 nitrogen and oxygen atoms in total. The molecule has 1 amide bonds. The van der Waals surface area contributed by atoms with Crippen LogP contribution < -0.4 is 4.72 Å². The Labute approximate surface area is 218 Å². The summed E-state index contributed by atoms with van der Waals surface area (Å²) in [4.78, 5) is 23.9. The van der Waals surface area contributed by atoms with E-state index in [1.54, 1.807) is 12.1 Å². The van der Waals surface area contributed by atoms with Gasteiger partial charge in [-0.3, -0.25) is 9.52 Å². The van der Waals surface area contributed by atoms with E-state index in [1.165, 1.54) is 25.3 Å². The van der Waals surface area contributed by atoms with Gasteiger partial charge in [0.25, 0.3) is 0 Å². The summed E-state index contributed by atoms with van der Waals surface area (Å²) in [5, 5.41) is 18.1. The number of sulfonamides is 1. The summed E-state index contributed by atoms with van der Waals surface area (Å²) >= 11 is 0.941. The van der Waals surface area contributed by atoms with Gasteiger partial charge in [0.2, 0.25) is 15.9 Å². The van der Waals surface area contributed by atoms with Crippen molar-refractivity contribution < 1.29 is 28.2 Å². The molecule has 3 N–H and O–H groups in total. The van der Waals surface area contributed by atoms with Gasteiger partial charge in [-0.15, -0.1) is 11.8 Å². The van der Waals surface area contributed by atoms with Crippen molar-refractivity contribution in [2.45, 2.75) is 74.9 Å². The van der Waals surface area contributed by atoms with E-state index in [2.05, 4.69) is 24.3 Å². The Hall–Kier alpha value is -2.36. The fourth-order valence-corrected chi connectivity index (χ4v) is 5.91. The van der Waals surface area contributed by atoms with Crippen LogP contribution in [-0.4, -0.2) is 48.1 Å². The zero-order chi connectivity index (χ0) is 26.6. The lowest BCUT2D eigenvalue weighted by Gasteiger charge is -2.25. The molecule has 3 atom stereocenters. The summed E-state index contributed by atoms with van der Waals surface area (Å²) in [6, 6.07) is 17.8. The molecule has 0 heterocycles. The molecule has 0 aliphatic rings. The molecule has 0 saturated carbocycles. The Morgan fingerprint density at radius 2 is 1.44 bits per heavy atom. The average molecular weight is 536 g/mol. The van der Waals surface area contributed by atoms with Gasteiger partial charge in [-0.25, -0.2) is 13.2 Å². The van der Waals surface area contributed by atoms with Gasteiger partial charge in [0.1, 0.15) is 0 Å². The molecule has 198 valence electrons. The molecule has 3 unspecified atom stereocenters. The number of unbranched alkanes of at least 4 members (excludes halogenated alkanes) is 5. The molecule has 0 aliphatic heterocycles. The average Bonchev–Trinajstić information content (AvgIpc) is 2.83. The lowest BCUT2D eigenvalue weighted by molar-refractivity contribution is -0.146. The van der Waals surface area contributed by atoms with Crippen molar-refractivity contribution in [3.05, 3.63) is 71.3 Å². The Bertz CT molecular complexity index is 1070. The number of amides is 1. The Morgan fingerprint density at radius 1 is 0.889 bits per heavy atom. The maximum Gasteiger partial charge on any atom is 0.334 e. The zero-order valence-electron chi connectivity index (χ0n) is 20.9. The molecule has 0 spiro atoms. The molecule has 0 fully saturated rings. The number of aliphatic hydroxyl groups is 1. The van der Waals surface area contributed by atoms with Crippen LogP contribution in [0.3, 0.4) is 0 Å². The van der Waals surface area contributed by atoms with E-state index in [4.69, 9.17) is 0 Å². The van der Waals surface area contributed by atoms with E-state index >= 15 is 0 Å². The molecule has 36 heavy (non-hydrogen) atoms. The Morgan fingerprint density at radius 3 is 2.06 bits per heavy atom. The van der Waals surface area contributed by atoms with Gasteiger partial charge in [0, 0.05) is 0 Å². The zero-order valence-corrected chi connectivity index (χ0v) is 22.6. The quantitative estimate of drug-likeness (QED) is 0.271. The molecule has 2 rings (SSSR count). The first-order chi connectivity index (χ1) is 17.1. The van der Waals surface area contributed by atoms with Gasteiger partial charge in [-0.1, -0.05) is 80.3 Å². The van der Waals surface area contributed by atoms with Crippen LogP contribution in [0.15, 0.2) is 54.6 Å². The third-order valence-electron chi connectivity index (χ3n) is 5.91. The van der Waals surface area contributed by atoms with E-state index in [0.29, 0.717) is 5.56 Å². The summed E-state index contributed by atoms with van der Waals surface area (Å²) in [6.07, 6.45) is 7.58. The second-order valence-corrected chi connectivity index (χ2v) is 12.3. The number of hydrogen-bond donors (Lipinski definition) is 3. The van der Waals surface area contributed by atoms with Crippen LogP contribution in [0.25, 0.3) is 0 Å². The molecular formula is C27H37NO6S2. The summed E-state index contributed by atoms with van der Waals surface area (Å²) in [5.41, 5.74) is 2.95.